The Labute approximate surface area is 56.8 Å². The molecule has 0 aromatic rings. The number of rotatable bonds is 0. The predicted octanol–water partition coefficient (Wildman–Crippen LogP) is 0.432. The molecular weight excluding hydrogens is 191 g/mol. The molecule has 0 saturated carbocycles. The van der Waals surface area contributed by atoms with Crippen molar-refractivity contribution in [2.24, 2.45) is 0 Å². The summed E-state index contributed by atoms with van der Waals surface area (Å²) in [6, 6.07) is 0. The minimum Gasteiger partial charge on any atom is -0.179 e. The Morgan fingerprint density at radius 2 is 1.88 bits per heavy atom. The summed E-state index contributed by atoms with van der Waals surface area (Å²) in [5, 5.41) is 0. The van der Waals surface area contributed by atoms with Crippen LogP contribution >= 0.6 is 17.9 Å². The molecule has 48 valence electrons. The molecule has 0 atom stereocenters. The summed E-state index contributed by atoms with van der Waals surface area (Å²) in [4.78, 5) is 0. The third-order valence-electron chi connectivity index (χ3n) is 0.371. The number of thiol groups is 1. The van der Waals surface area contributed by atoms with Crippen molar-refractivity contribution in [2.45, 2.75) is 0 Å². The highest BCUT2D eigenvalue weighted by Crippen LogP contribution is 2.64. The first kappa shape index (κ1) is 6.98. The maximum absolute atomic E-state index is 9.97. The SMILES string of the molecule is O=S1(=O)OP(=S)(S)O1. The van der Waals surface area contributed by atoms with Crippen LogP contribution in [0.1, 0.15) is 0 Å². The lowest BCUT2D eigenvalue weighted by atomic mass is 15.7. The minimum atomic E-state index is -3.72. The second-order valence-corrected chi connectivity index (χ2v) is 7.81. The standard InChI is InChI=1S/HO4PS3/c1-8(2)3-5(6,7)4-8/h(H,6,7). The van der Waals surface area contributed by atoms with Gasteiger partial charge in [-0.1, -0.05) is 12.2 Å². The summed E-state index contributed by atoms with van der Waals surface area (Å²) in [6.07, 6.45) is 0. The van der Waals surface area contributed by atoms with Crippen LogP contribution in [-0.4, -0.2) is 8.42 Å². The van der Waals surface area contributed by atoms with Crippen molar-refractivity contribution in [3.63, 3.8) is 0 Å². The summed E-state index contributed by atoms with van der Waals surface area (Å²) >= 11 is 7.93. The van der Waals surface area contributed by atoms with Gasteiger partial charge in [-0.3, -0.25) is 0 Å². The molecule has 0 unspecified atom stereocenters. The second-order valence-electron chi connectivity index (χ2n) is 1.03. The maximum Gasteiger partial charge on any atom is 0.412 e. The molecule has 1 saturated heterocycles. The lowest BCUT2D eigenvalue weighted by Crippen LogP contribution is -2.15. The Kier molecular flexibility index (Phi) is 1.47. The molecule has 1 aliphatic heterocycles. The van der Waals surface area contributed by atoms with Crippen molar-refractivity contribution < 1.29 is 16.4 Å². The van der Waals surface area contributed by atoms with Crippen molar-refractivity contribution in [2.75, 3.05) is 0 Å². The molecule has 1 rings (SSSR count). The van der Waals surface area contributed by atoms with Gasteiger partial charge in [-0.2, -0.15) is 16.4 Å². The van der Waals surface area contributed by atoms with Crippen LogP contribution in [0.2, 0.25) is 0 Å². The smallest absolute Gasteiger partial charge is 0.179 e. The highest BCUT2D eigenvalue weighted by Gasteiger charge is 2.40. The summed E-state index contributed by atoms with van der Waals surface area (Å²) < 4.78 is 28.0. The van der Waals surface area contributed by atoms with Crippen LogP contribution in [0.15, 0.2) is 0 Å². The summed E-state index contributed by atoms with van der Waals surface area (Å²) in [6.45, 7) is 0. The fourth-order valence-corrected chi connectivity index (χ4v) is 4.94. The van der Waals surface area contributed by atoms with Gasteiger partial charge in [-0.05, 0) is 11.8 Å². The van der Waals surface area contributed by atoms with E-state index < -0.39 is 16.1 Å². The third kappa shape index (κ3) is 1.43. The van der Waals surface area contributed by atoms with Crippen molar-refractivity contribution in [3.05, 3.63) is 0 Å². The van der Waals surface area contributed by atoms with Crippen LogP contribution < -0.4 is 0 Å². The highest BCUT2D eigenvalue weighted by atomic mass is 32.9. The normalized spacial score (nSPS) is 31.1. The Bertz CT molecular complexity index is 220. The van der Waals surface area contributed by atoms with Gasteiger partial charge in [0.15, 0.2) is 0 Å². The zero-order valence-corrected chi connectivity index (χ0v) is 6.77. The molecule has 0 radical (unpaired) electrons. The predicted molar refractivity (Wildman–Crippen MR) is 34.4 cm³/mol. The lowest BCUT2D eigenvalue weighted by Gasteiger charge is -2.22. The van der Waals surface area contributed by atoms with Gasteiger partial charge in [0.2, 0.25) is 0 Å². The Hall–Kier alpha value is 0.870. The van der Waals surface area contributed by atoms with E-state index in [-0.39, 0.29) is 0 Å². The van der Waals surface area contributed by atoms with Gasteiger partial charge < -0.3 is 0 Å². The van der Waals surface area contributed by atoms with Crippen LogP contribution in [0.25, 0.3) is 0 Å². The third-order valence-corrected chi connectivity index (χ3v) is 5.63. The fraction of sp³-hybridized carbons (Fsp3) is 0. The van der Waals surface area contributed by atoms with Crippen LogP contribution in [0.4, 0.5) is 0 Å². The molecule has 0 amide bonds. The topological polar surface area (TPSA) is 52.6 Å². The van der Waals surface area contributed by atoms with Crippen molar-refractivity contribution >= 4 is 40.1 Å². The van der Waals surface area contributed by atoms with Gasteiger partial charge in [0, 0.05) is 0 Å². The van der Waals surface area contributed by atoms with Gasteiger partial charge in [0.25, 0.3) is 5.69 Å². The number of hydrogen-bond acceptors (Lipinski definition) is 5. The van der Waals surface area contributed by atoms with E-state index in [4.69, 9.17) is 0 Å². The monoisotopic (exact) mass is 192 g/mol. The molecule has 0 aliphatic carbocycles. The highest BCUT2D eigenvalue weighted by molar-refractivity contribution is 8.63. The molecule has 4 nitrogen and oxygen atoms in total. The zero-order valence-electron chi connectivity index (χ0n) is 3.34. The molecule has 0 aromatic carbocycles. The quantitative estimate of drug-likeness (QED) is 0.445. The second kappa shape index (κ2) is 1.68. The van der Waals surface area contributed by atoms with Gasteiger partial charge in [-0.15, -0.1) is 0 Å². The van der Waals surface area contributed by atoms with E-state index in [0.717, 1.165) is 0 Å². The molecule has 1 aliphatic rings. The summed E-state index contributed by atoms with van der Waals surface area (Å²) in [5.74, 6) is 0. The fourth-order valence-electron chi connectivity index (χ4n) is 0.236. The molecule has 0 aromatic heterocycles. The maximum atomic E-state index is 9.97. The Balaban J connectivity index is 2.84. The van der Waals surface area contributed by atoms with Gasteiger partial charge in [-0.25, -0.2) is 0 Å². The molecule has 8 heavy (non-hydrogen) atoms. The Morgan fingerprint density at radius 1 is 1.50 bits per heavy atom. The minimum absolute atomic E-state index is 2.65. The van der Waals surface area contributed by atoms with Crippen LogP contribution in [0.3, 0.4) is 0 Å². The van der Waals surface area contributed by atoms with E-state index in [0.29, 0.717) is 0 Å². The van der Waals surface area contributed by atoms with E-state index in [1.165, 1.54) is 0 Å². The summed E-state index contributed by atoms with van der Waals surface area (Å²) in [7, 11) is -3.72. The lowest BCUT2D eigenvalue weighted by molar-refractivity contribution is 0.348. The largest absolute Gasteiger partial charge is 0.412 e. The zero-order chi connectivity index (χ0) is 6.41. The van der Waals surface area contributed by atoms with Gasteiger partial charge in [0.05, 0.1) is 0 Å². The van der Waals surface area contributed by atoms with E-state index in [1.54, 1.807) is 0 Å². The van der Waals surface area contributed by atoms with Crippen LogP contribution in [-0.2, 0) is 30.1 Å². The first-order valence-electron chi connectivity index (χ1n) is 1.41. The molecule has 8 heteroatoms. The molecule has 0 spiro atoms. The van der Waals surface area contributed by atoms with Gasteiger partial charge in [0.1, 0.15) is 0 Å². The molecule has 1 fully saturated rings. The first-order chi connectivity index (χ1) is 3.41. The van der Waals surface area contributed by atoms with Crippen molar-refractivity contribution in [1.29, 1.82) is 0 Å². The van der Waals surface area contributed by atoms with E-state index in [2.05, 4.69) is 32.0 Å². The molecular formula is HO4PS3. The number of hydrogen-bond donors (Lipinski definition) is 1. The van der Waals surface area contributed by atoms with Crippen LogP contribution in [0, 0.1) is 0 Å². The molecule has 0 bridgehead atoms. The van der Waals surface area contributed by atoms with E-state index in [1.807, 2.05) is 0 Å². The van der Waals surface area contributed by atoms with E-state index in [9.17, 15) is 8.42 Å². The molecule has 0 N–H and O–H groups in total. The van der Waals surface area contributed by atoms with Crippen molar-refractivity contribution in [1.82, 2.24) is 0 Å². The first-order valence-corrected chi connectivity index (χ1v) is 6.54. The average Bonchev–Trinajstić information content (AvgIpc) is 1.20. The van der Waals surface area contributed by atoms with Crippen molar-refractivity contribution in [3.8, 4) is 0 Å². The Morgan fingerprint density at radius 3 is 1.88 bits per heavy atom. The van der Waals surface area contributed by atoms with E-state index >= 15 is 0 Å². The van der Waals surface area contributed by atoms with Gasteiger partial charge >= 0.3 is 10.4 Å². The van der Waals surface area contributed by atoms with Crippen LogP contribution in [0.5, 0.6) is 0 Å². The summed E-state index contributed by atoms with van der Waals surface area (Å²) in [5.41, 5.74) is -2.65. The molecule has 1 heterocycles. The average molecular weight is 192 g/mol.